The smallest absolute Gasteiger partial charge is 0.146 e. The quantitative estimate of drug-likeness (QED) is 0.910. The van der Waals surface area contributed by atoms with Gasteiger partial charge in [-0.1, -0.05) is 12.1 Å². The Morgan fingerprint density at radius 2 is 2.16 bits per heavy atom. The lowest BCUT2D eigenvalue weighted by Gasteiger charge is -2.38. The predicted molar refractivity (Wildman–Crippen MR) is 76.0 cm³/mol. The van der Waals surface area contributed by atoms with Crippen molar-refractivity contribution in [2.45, 2.75) is 31.9 Å². The van der Waals surface area contributed by atoms with Crippen molar-refractivity contribution in [1.82, 2.24) is 4.90 Å². The molecule has 0 saturated carbocycles. The van der Waals surface area contributed by atoms with Crippen molar-refractivity contribution < 1.29 is 9.50 Å². The van der Waals surface area contributed by atoms with Crippen LogP contribution in [0.25, 0.3) is 0 Å². The van der Waals surface area contributed by atoms with Gasteiger partial charge in [-0.3, -0.25) is 0 Å². The van der Waals surface area contributed by atoms with E-state index in [1.165, 1.54) is 6.07 Å². The van der Waals surface area contributed by atoms with E-state index in [2.05, 4.69) is 23.9 Å². The molecule has 1 aliphatic heterocycles. The highest BCUT2D eigenvalue weighted by Gasteiger charge is 2.25. The van der Waals surface area contributed by atoms with Crippen molar-refractivity contribution in [3.8, 4) is 0 Å². The minimum Gasteiger partial charge on any atom is -0.389 e. The van der Waals surface area contributed by atoms with Gasteiger partial charge in [0, 0.05) is 24.7 Å². The standard InChI is InChI=1S/C15H23FN2O/c1-11(19)13-7-4-8-14(16)15(13)18-9-5-6-12(10-18)17(2)3/h4,7-8,11-12,19H,5-6,9-10H2,1-3H3/t11-,12?/m0/s1. The Morgan fingerprint density at radius 1 is 1.42 bits per heavy atom. The minimum atomic E-state index is -0.648. The maximum Gasteiger partial charge on any atom is 0.146 e. The van der Waals surface area contributed by atoms with E-state index in [4.69, 9.17) is 0 Å². The molecular weight excluding hydrogens is 243 g/mol. The largest absolute Gasteiger partial charge is 0.389 e. The molecule has 0 bridgehead atoms. The summed E-state index contributed by atoms with van der Waals surface area (Å²) in [5.74, 6) is -0.238. The van der Waals surface area contributed by atoms with Gasteiger partial charge in [0.25, 0.3) is 0 Å². The van der Waals surface area contributed by atoms with Gasteiger partial charge in [0.2, 0.25) is 0 Å². The molecule has 0 aliphatic carbocycles. The van der Waals surface area contributed by atoms with Crippen LogP contribution in [0.4, 0.5) is 10.1 Å². The molecule has 1 N–H and O–H groups in total. The summed E-state index contributed by atoms with van der Waals surface area (Å²) in [6.07, 6.45) is 1.55. The fourth-order valence-corrected chi connectivity index (χ4v) is 2.78. The molecule has 1 aliphatic rings. The first kappa shape index (κ1) is 14.3. The minimum absolute atomic E-state index is 0.238. The molecular formula is C15H23FN2O. The summed E-state index contributed by atoms with van der Waals surface area (Å²) < 4.78 is 14.2. The van der Waals surface area contributed by atoms with Crippen LogP contribution in [0.2, 0.25) is 0 Å². The number of hydrogen-bond donors (Lipinski definition) is 1. The van der Waals surface area contributed by atoms with Crippen LogP contribution < -0.4 is 4.90 Å². The summed E-state index contributed by atoms with van der Waals surface area (Å²) in [7, 11) is 4.12. The number of benzene rings is 1. The van der Waals surface area contributed by atoms with E-state index in [0.717, 1.165) is 25.9 Å². The Bertz CT molecular complexity index is 434. The van der Waals surface area contributed by atoms with Crippen molar-refractivity contribution in [1.29, 1.82) is 0 Å². The third-order valence-corrected chi connectivity index (χ3v) is 3.91. The first-order valence-corrected chi connectivity index (χ1v) is 6.88. The number of piperidine rings is 1. The summed E-state index contributed by atoms with van der Waals surface area (Å²) in [6, 6.07) is 5.38. The van der Waals surface area contributed by atoms with Crippen molar-refractivity contribution in [2.24, 2.45) is 0 Å². The number of halogens is 1. The lowest BCUT2D eigenvalue weighted by Crippen LogP contribution is -2.45. The lowest BCUT2D eigenvalue weighted by molar-refractivity contribution is 0.198. The molecule has 1 aromatic rings. The molecule has 1 aromatic carbocycles. The number of aliphatic hydroxyl groups is 1. The van der Waals surface area contributed by atoms with Gasteiger partial charge < -0.3 is 14.9 Å². The van der Waals surface area contributed by atoms with Gasteiger partial charge in [-0.2, -0.15) is 0 Å². The molecule has 1 unspecified atom stereocenters. The maximum atomic E-state index is 14.2. The van der Waals surface area contributed by atoms with Gasteiger partial charge in [0.05, 0.1) is 11.8 Å². The number of aliphatic hydroxyl groups excluding tert-OH is 1. The van der Waals surface area contributed by atoms with Gasteiger partial charge in [0.1, 0.15) is 5.82 Å². The molecule has 4 heteroatoms. The van der Waals surface area contributed by atoms with Crippen LogP contribution in [0.15, 0.2) is 18.2 Å². The van der Waals surface area contributed by atoms with Gasteiger partial charge in [-0.25, -0.2) is 4.39 Å². The Kier molecular flexibility index (Phi) is 4.42. The summed E-state index contributed by atoms with van der Waals surface area (Å²) >= 11 is 0. The van der Waals surface area contributed by atoms with Gasteiger partial charge >= 0.3 is 0 Å². The summed E-state index contributed by atoms with van der Waals surface area (Å²) in [6.45, 7) is 3.35. The Hall–Kier alpha value is -1.13. The number of hydrogen-bond acceptors (Lipinski definition) is 3. The van der Waals surface area contributed by atoms with Crippen LogP contribution >= 0.6 is 0 Å². The van der Waals surface area contributed by atoms with Crippen LogP contribution in [0.1, 0.15) is 31.4 Å². The average Bonchev–Trinajstić information content (AvgIpc) is 2.38. The summed E-state index contributed by atoms with van der Waals surface area (Å²) in [5.41, 5.74) is 1.25. The van der Waals surface area contributed by atoms with Crippen LogP contribution in [0, 0.1) is 5.82 Å². The summed E-state index contributed by atoms with van der Waals surface area (Å²) in [4.78, 5) is 4.26. The van der Waals surface area contributed by atoms with E-state index >= 15 is 0 Å². The normalized spacial score (nSPS) is 21.8. The van der Waals surface area contributed by atoms with Crippen LogP contribution in [-0.4, -0.2) is 43.2 Å². The van der Waals surface area contributed by atoms with E-state index in [9.17, 15) is 9.50 Å². The first-order valence-electron chi connectivity index (χ1n) is 6.88. The third-order valence-electron chi connectivity index (χ3n) is 3.91. The zero-order valence-electron chi connectivity index (χ0n) is 11.9. The van der Waals surface area contributed by atoms with E-state index in [-0.39, 0.29) is 5.82 Å². The molecule has 1 fully saturated rings. The van der Waals surface area contributed by atoms with E-state index in [0.29, 0.717) is 17.3 Å². The lowest BCUT2D eigenvalue weighted by atomic mass is 10.0. The molecule has 1 saturated heterocycles. The molecule has 1 heterocycles. The molecule has 2 rings (SSSR count). The fraction of sp³-hybridized carbons (Fsp3) is 0.600. The zero-order chi connectivity index (χ0) is 14.0. The second kappa shape index (κ2) is 5.88. The number of likely N-dealkylation sites (N-methyl/N-ethyl adjacent to an activating group) is 1. The highest BCUT2D eigenvalue weighted by molar-refractivity contribution is 5.56. The number of nitrogens with zero attached hydrogens (tertiary/aromatic N) is 2. The monoisotopic (exact) mass is 266 g/mol. The topological polar surface area (TPSA) is 26.7 Å². The van der Waals surface area contributed by atoms with E-state index < -0.39 is 6.10 Å². The zero-order valence-corrected chi connectivity index (χ0v) is 11.9. The second-order valence-electron chi connectivity index (χ2n) is 5.56. The molecule has 0 amide bonds. The molecule has 0 aromatic heterocycles. The van der Waals surface area contributed by atoms with Crippen molar-refractivity contribution in [3.63, 3.8) is 0 Å². The molecule has 3 nitrogen and oxygen atoms in total. The number of anilines is 1. The summed E-state index contributed by atoms with van der Waals surface area (Å²) in [5, 5.41) is 9.83. The van der Waals surface area contributed by atoms with Crippen LogP contribution in [0.5, 0.6) is 0 Å². The number of rotatable bonds is 3. The molecule has 2 atom stereocenters. The highest BCUT2D eigenvalue weighted by atomic mass is 19.1. The van der Waals surface area contributed by atoms with E-state index in [1.54, 1.807) is 13.0 Å². The van der Waals surface area contributed by atoms with Gasteiger partial charge in [-0.05, 0) is 39.9 Å². The first-order chi connectivity index (χ1) is 9.00. The molecule has 0 radical (unpaired) electrons. The number of para-hydroxylation sites is 1. The highest BCUT2D eigenvalue weighted by Crippen LogP contribution is 2.31. The Balaban J connectivity index is 2.30. The second-order valence-corrected chi connectivity index (χ2v) is 5.56. The van der Waals surface area contributed by atoms with E-state index in [1.807, 2.05) is 6.07 Å². The molecule has 106 valence electrons. The Morgan fingerprint density at radius 3 is 2.79 bits per heavy atom. The van der Waals surface area contributed by atoms with Crippen LogP contribution in [0.3, 0.4) is 0 Å². The maximum absolute atomic E-state index is 14.2. The average molecular weight is 266 g/mol. The van der Waals surface area contributed by atoms with Crippen LogP contribution in [-0.2, 0) is 0 Å². The fourth-order valence-electron chi connectivity index (χ4n) is 2.78. The van der Waals surface area contributed by atoms with Gasteiger partial charge in [-0.15, -0.1) is 0 Å². The third kappa shape index (κ3) is 3.07. The molecule has 19 heavy (non-hydrogen) atoms. The van der Waals surface area contributed by atoms with Gasteiger partial charge in [0.15, 0.2) is 0 Å². The van der Waals surface area contributed by atoms with Crippen molar-refractivity contribution >= 4 is 5.69 Å². The van der Waals surface area contributed by atoms with Crippen molar-refractivity contribution in [2.75, 3.05) is 32.1 Å². The Labute approximate surface area is 114 Å². The SMILES string of the molecule is C[C@H](O)c1cccc(F)c1N1CCCC(N(C)C)C1. The molecule has 0 spiro atoms. The van der Waals surface area contributed by atoms with Crippen molar-refractivity contribution in [3.05, 3.63) is 29.6 Å². The predicted octanol–water partition coefficient (Wildman–Crippen LogP) is 2.41.